The first-order valence-electron chi connectivity index (χ1n) is 5.60. The van der Waals surface area contributed by atoms with Crippen LogP contribution in [0.2, 0.25) is 0 Å². The summed E-state index contributed by atoms with van der Waals surface area (Å²) in [5.74, 6) is -1.01. The molecular weight excluding hydrogens is 235 g/mol. The Balaban J connectivity index is 2.34. The van der Waals surface area contributed by atoms with Gasteiger partial charge in [0.15, 0.2) is 0 Å². The van der Waals surface area contributed by atoms with E-state index in [1.54, 1.807) is 4.90 Å². The predicted octanol–water partition coefficient (Wildman–Crippen LogP) is -0.0391. The zero-order chi connectivity index (χ0) is 13.1. The lowest BCUT2D eigenvalue weighted by molar-refractivity contribution is -0.119. The number of rotatable bonds is 2. The second kappa shape index (κ2) is 5.02. The van der Waals surface area contributed by atoms with E-state index in [9.17, 15) is 9.18 Å². The minimum Gasteiger partial charge on any atom is -0.368 e. The molecule has 0 bridgehead atoms. The Hall–Kier alpha value is -2.13. The first kappa shape index (κ1) is 12.3. The second-order valence-corrected chi connectivity index (χ2v) is 4.09. The SMILES string of the molecule is N#Cc1ccc(N2CCNCC2C(N)=O)c(F)c1. The molecule has 1 heterocycles. The average Bonchev–Trinajstić information content (AvgIpc) is 2.38. The molecule has 3 N–H and O–H groups in total. The smallest absolute Gasteiger partial charge is 0.241 e. The van der Waals surface area contributed by atoms with Crippen LogP contribution >= 0.6 is 0 Å². The highest BCUT2D eigenvalue weighted by molar-refractivity contribution is 5.84. The van der Waals surface area contributed by atoms with Gasteiger partial charge in [0, 0.05) is 19.6 Å². The number of amides is 1. The van der Waals surface area contributed by atoms with Crippen LogP contribution in [0.3, 0.4) is 0 Å². The minimum absolute atomic E-state index is 0.252. The summed E-state index contributed by atoms with van der Waals surface area (Å²) >= 11 is 0. The summed E-state index contributed by atoms with van der Waals surface area (Å²) in [7, 11) is 0. The summed E-state index contributed by atoms with van der Waals surface area (Å²) in [5.41, 5.74) is 5.86. The van der Waals surface area contributed by atoms with E-state index in [1.807, 2.05) is 6.07 Å². The van der Waals surface area contributed by atoms with Gasteiger partial charge in [0.25, 0.3) is 0 Å². The van der Waals surface area contributed by atoms with Crippen molar-refractivity contribution in [3.63, 3.8) is 0 Å². The lowest BCUT2D eigenvalue weighted by atomic mass is 10.1. The third-order valence-corrected chi connectivity index (χ3v) is 2.96. The van der Waals surface area contributed by atoms with E-state index in [0.717, 1.165) is 6.07 Å². The van der Waals surface area contributed by atoms with Crippen LogP contribution in [0.25, 0.3) is 0 Å². The molecule has 1 aromatic carbocycles. The van der Waals surface area contributed by atoms with Gasteiger partial charge >= 0.3 is 0 Å². The molecule has 1 amide bonds. The van der Waals surface area contributed by atoms with Gasteiger partial charge in [-0.2, -0.15) is 5.26 Å². The summed E-state index contributed by atoms with van der Waals surface area (Å²) in [5, 5.41) is 11.7. The normalized spacial score (nSPS) is 19.3. The number of hydrogen-bond acceptors (Lipinski definition) is 4. The summed E-state index contributed by atoms with van der Waals surface area (Å²) < 4.78 is 13.9. The molecule has 1 aliphatic heterocycles. The Morgan fingerprint density at radius 2 is 2.39 bits per heavy atom. The molecule has 1 aliphatic rings. The second-order valence-electron chi connectivity index (χ2n) is 4.09. The number of nitriles is 1. The van der Waals surface area contributed by atoms with Crippen molar-refractivity contribution in [3.05, 3.63) is 29.6 Å². The van der Waals surface area contributed by atoms with Crippen molar-refractivity contribution in [3.8, 4) is 6.07 Å². The molecule has 1 fully saturated rings. The van der Waals surface area contributed by atoms with Crippen LogP contribution in [0.5, 0.6) is 0 Å². The van der Waals surface area contributed by atoms with Crippen LogP contribution in [0.4, 0.5) is 10.1 Å². The Bertz CT molecular complexity index is 511. The van der Waals surface area contributed by atoms with Gasteiger partial charge in [-0.1, -0.05) is 0 Å². The molecule has 94 valence electrons. The number of carbonyl (C=O) groups is 1. The Kier molecular flexibility index (Phi) is 3.44. The molecule has 1 aromatic rings. The number of hydrogen-bond donors (Lipinski definition) is 2. The van der Waals surface area contributed by atoms with Gasteiger partial charge < -0.3 is 16.0 Å². The molecule has 0 radical (unpaired) electrons. The van der Waals surface area contributed by atoms with Crippen LogP contribution in [0.15, 0.2) is 18.2 Å². The van der Waals surface area contributed by atoms with Crippen molar-refractivity contribution in [2.24, 2.45) is 5.73 Å². The maximum atomic E-state index is 13.9. The Morgan fingerprint density at radius 1 is 1.61 bits per heavy atom. The highest BCUT2D eigenvalue weighted by atomic mass is 19.1. The standard InChI is InChI=1S/C12H13FN4O/c13-9-5-8(6-14)1-2-10(9)17-4-3-16-7-11(17)12(15)18/h1-2,5,11,16H,3-4,7H2,(H2,15,18). The summed E-state index contributed by atoms with van der Waals surface area (Å²) in [6.45, 7) is 1.55. The van der Waals surface area contributed by atoms with E-state index in [4.69, 9.17) is 11.0 Å². The van der Waals surface area contributed by atoms with Gasteiger partial charge in [0.05, 0.1) is 17.3 Å². The summed E-state index contributed by atoms with van der Waals surface area (Å²) in [4.78, 5) is 13.0. The van der Waals surface area contributed by atoms with Gasteiger partial charge in [-0.3, -0.25) is 4.79 Å². The van der Waals surface area contributed by atoms with Gasteiger partial charge in [-0.15, -0.1) is 0 Å². The molecule has 1 unspecified atom stereocenters. The quantitative estimate of drug-likeness (QED) is 0.769. The Morgan fingerprint density at radius 3 is 3.00 bits per heavy atom. The van der Waals surface area contributed by atoms with E-state index in [0.29, 0.717) is 25.3 Å². The van der Waals surface area contributed by atoms with E-state index in [1.165, 1.54) is 12.1 Å². The molecule has 6 heteroatoms. The monoisotopic (exact) mass is 248 g/mol. The molecule has 0 aromatic heterocycles. The van der Waals surface area contributed by atoms with Crippen molar-refractivity contribution in [1.82, 2.24) is 5.32 Å². The van der Waals surface area contributed by atoms with Gasteiger partial charge in [-0.05, 0) is 18.2 Å². The molecule has 1 atom stereocenters. The van der Waals surface area contributed by atoms with Crippen LogP contribution in [-0.4, -0.2) is 31.6 Å². The fourth-order valence-corrected chi connectivity index (χ4v) is 2.06. The molecule has 0 aliphatic carbocycles. The van der Waals surface area contributed by atoms with Gasteiger partial charge in [0.1, 0.15) is 11.9 Å². The fourth-order valence-electron chi connectivity index (χ4n) is 2.06. The summed E-state index contributed by atoms with van der Waals surface area (Å²) in [6, 6.07) is 5.50. The molecule has 5 nitrogen and oxygen atoms in total. The lowest BCUT2D eigenvalue weighted by Crippen LogP contribution is -2.57. The number of benzene rings is 1. The topological polar surface area (TPSA) is 82.2 Å². The number of halogens is 1. The first-order valence-corrected chi connectivity index (χ1v) is 5.60. The zero-order valence-electron chi connectivity index (χ0n) is 9.69. The van der Waals surface area contributed by atoms with Crippen molar-refractivity contribution >= 4 is 11.6 Å². The highest BCUT2D eigenvalue weighted by Gasteiger charge is 2.28. The summed E-state index contributed by atoms with van der Waals surface area (Å²) in [6.07, 6.45) is 0. The first-order chi connectivity index (χ1) is 8.63. The fraction of sp³-hybridized carbons (Fsp3) is 0.333. The van der Waals surface area contributed by atoms with E-state index in [-0.39, 0.29) is 5.56 Å². The van der Waals surface area contributed by atoms with Crippen molar-refractivity contribution in [1.29, 1.82) is 5.26 Å². The van der Waals surface area contributed by atoms with Crippen LogP contribution < -0.4 is 16.0 Å². The third kappa shape index (κ3) is 2.26. The molecular formula is C12H13FN4O. The zero-order valence-corrected chi connectivity index (χ0v) is 9.69. The van der Waals surface area contributed by atoms with Crippen LogP contribution in [0.1, 0.15) is 5.56 Å². The highest BCUT2D eigenvalue weighted by Crippen LogP contribution is 2.23. The number of anilines is 1. The maximum Gasteiger partial charge on any atom is 0.241 e. The van der Waals surface area contributed by atoms with E-state index >= 15 is 0 Å². The number of nitrogens with zero attached hydrogens (tertiary/aromatic N) is 2. The number of piperazine rings is 1. The minimum atomic E-state index is -0.568. The molecule has 0 spiro atoms. The van der Waals surface area contributed by atoms with Crippen molar-refractivity contribution in [2.45, 2.75) is 6.04 Å². The maximum absolute atomic E-state index is 13.9. The lowest BCUT2D eigenvalue weighted by Gasteiger charge is -2.36. The van der Waals surface area contributed by atoms with Gasteiger partial charge in [0.2, 0.25) is 5.91 Å². The molecule has 18 heavy (non-hydrogen) atoms. The van der Waals surface area contributed by atoms with E-state index < -0.39 is 17.8 Å². The van der Waals surface area contributed by atoms with Crippen molar-refractivity contribution in [2.75, 3.05) is 24.5 Å². The molecule has 0 saturated carbocycles. The van der Waals surface area contributed by atoms with Crippen molar-refractivity contribution < 1.29 is 9.18 Å². The Labute approximate surface area is 104 Å². The van der Waals surface area contributed by atoms with Crippen LogP contribution in [0, 0.1) is 17.1 Å². The number of nitrogens with two attached hydrogens (primary N) is 1. The molecule has 2 rings (SSSR count). The number of carbonyl (C=O) groups excluding carboxylic acids is 1. The number of primary amides is 1. The van der Waals surface area contributed by atoms with Crippen LogP contribution in [-0.2, 0) is 4.79 Å². The molecule has 1 saturated heterocycles. The van der Waals surface area contributed by atoms with E-state index in [2.05, 4.69) is 5.32 Å². The average molecular weight is 248 g/mol. The van der Waals surface area contributed by atoms with Gasteiger partial charge in [-0.25, -0.2) is 4.39 Å². The largest absolute Gasteiger partial charge is 0.368 e. The predicted molar refractivity (Wildman–Crippen MR) is 64.3 cm³/mol. The third-order valence-electron chi connectivity index (χ3n) is 2.96. The number of nitrogens with one attached hydrogen (secondary N) is 1.